The third-order valence-electron chi connectivity index (χ3n) is 5.27. The Labute approximate surface area is 125 Å². The van der Waals surface area contributed by atoms with Crippen molar-refractivity contribution < 1.29 is 4.74 Å². The molecule has 110 valence electrons. The first-order valence-corrected chi connectivity index (χ1v) is 7.69. The molecule has 3 nitrogen and oxygen atoms in total. The van der Waals surface area contributed by atoms with Crippen LogP contribution in [-0.2, 0) is 11.2 Å². The molecule has 1 saturated heterocycles. The van der Waals surface area contributed by atoms with Crippen LogP contribution in [0.3, 0.4) is 0 Å². The summed E-state index contributed by atoms with van der Waals surface area (Å²) in [4.78, 5) is 5.79. The third kappa shape index (κ3) is 1.74. The number of hydrogen-bond acceptors (Lipinski definition) is 2. The molecule has 0 saturated carbocycles. The highest BCUT2D eigenvalue weighted by molar-refractivity contribution is 5.88. The van der Waals surface area contributed by atoms with Gasteiger partial charge in [-0.1, -0.05) is 24.3 Å². The van der Waals surface area contributed by atoms with E-state index in [1.54, 1.807) is 0 Å². The topological polar surface area (TPSA) is 28.3 Å². The van der Waals surface area contributed by atoms with Gasteiger partial charge in [0.2, 0.25) is 0 Å². The van der Waals surface area contributed by atoms with E-state index in [1.165, 1.54) is 22.0 Å². The molecule has 0 radical (unpaired) electrons. The van der Waals surface area contributed by atoms with Gasteiger partial charge in [-0.25, -0.2) is 0 Å². The molecule has 1 aliphatic heterocycles. The standard InChI is InChI=1S/C18H22N2O/c1-10(2)18-17-13-6-5-7-14-16(13)12(9-19-14)8-15(17)20(4)11(3)21-18/h5-7,9,11,15,17-19H,1,8H2,2-4H3/t11-,15-,17-,18+/m1/s1. The maximum Gasteiger partial charge on any atom is 0.108 e. The van der Waals surface area contributed by atoms with Gasteiger partial charge in [0.15, 0.2) is 0 Å². The third-order valence-corrected chi connectivity index (χ3v) is 5.27. The highest BCUT2D eigenvalue weighted by atomic mass is 16.5. The van der Waals surface area contributed by atoms with Crippen LogP contribution in [0.1, 0.15) is 30.9 Å². The number of fused-ring (bicyclic) bond motifs is 2. The molecule has 3 heteroatoms. The van der Waals surface area contributed by atoms with Crippen LogP contribution in [0.15, 0.2) is 36.5 Å². The van der Waals surface area contributed by atoms with E-state index < -0.39 is 0 Å². The van der Waals surface area contributed by atoms with Gasteiger partial charge >= 0.3 is 0 Å². The fourth-order valence-electron chi connectivity index (χ4n) is 4.13. The summed E-state index contributed by atoms with van der Waals surface area (Å²) in [6.07, 6.45) is 3.49. The molecule has 0 amide bonds. The lowest BCUT2D eigenvalue weighted by molar-refractivity contribution is -0.144. The van der Waals surface area contributed by atoms with Gasteiger partial charge in [-0.2, -0.15) is 0 Å². The Kier molecular flexibility index (Phi) is 2.78. The number of nitrogens with one attached hydrogen (secondary N) is 1. The van der Waals surface area contributed by atoms with Crippen LogP contribution < -0.4 is 0 Å². The van der Waals surface area contributed by atoms with Gasteiger partial charge in [-0.05, 0) is 44.5 Å². The molecule has 0 unspecified atom stereocenters. The minimum Gasteiger partial charge on any atom is -0.361 e. The summed E-state index contributed by atoms with van der Waals surface area (Å²) in [5.41, 5.74) is 5.21. The minimum absolute atomic E-state index is 0.106. The van der Waals surface area contributed by atoms with Gasteiger partial charge in [0.25, 0.3) is 0 Å². The molecular formula is C18H22N2O. The summed E-state index contributed by atoms with van der Waals surface area (Å²) in [6, 6.07) is 7.05. The average molecular weight is 282 g/mol. The van der Waals surface area contributed by atoms with Crippen LogP contribution in [0.25, 0.3) is 10.9 Å². The monoisotopic (exact) mass is 282 g/mol. The SMILES string of the molecule is C=C(C)[C@@H]1O[C@H](C)N(C)[C@@H]2Cc3c[nH]c4cccc(c34)[C@H]21. The lowest BCUT2D eigenvalue weighted by Gasteiger charge is -2.49. The Morgan fingerprint density at radius 1 is 1.43 bits per heavy atom. The summed E-state index contributed by atoms with van der Waals surface area (Å²) in [7, 11) is 2.18. The van der Waals surface area contributed by atoms with Crippen molar-refractivity contribution in [2.24, 2.45) is 0 Å². The number of benzene rings is 1. The lowest BCUT2D eigenvalue weighted by Crippen LogP contribution is -2.55. The van der Waals surface area contributed by atoms with Crippen LogP contribution >= 0.6 is 0 Å². The lowest BCUT2D eigenvalue weighted by atomic mass is 9.74. The smallest absolute Gasteiger partial charge is 0.108 e. The summed E-state index contributed by atoms with van der Waals surface area (Å²) in [6.45, 7) is 8.41. The highest BCUT2D eigenvalue weighted by Gasteiger charge is 2.44. The predicted molar refractivity (Wildman–Crippen MR) is 85.4 cm³/mol. The van der Waals surface area contributed by atoms with Gasteiger partial charge in [-0.15, -0.1) is 0 Å². The zero-order valence-corrected chi connectivity index (χ0v) is 12.9. The van der Waals surface area contributed by atoms with Crippen LogP contribution in [0, 0.1) is 0 Å². The predicted octanol–water partition coefficient (Wildman–Crippen LogP) is 3.43. The summed E-state index contributed by atoms with van der Waals surface area (Å²) in [5.74, 6) is 0.371. The van der Waals surface area contributed by atoms with Crippen LogP contribution in [0.4, 0.5) is 0 Å². The van der Waals surface area contributed by atoms with Crippen molar-refractivity contribution in [3.8, 4) is 0 Å². The maximum atomic E-state index is 6.27. The second kappa shape index (κ2) is 4.46. The van der Waals surface area contributed by atoms with E-state index in [9.17, 15) is 0 Å². The number of nitrogens with zero attached hydrogens (tertiary/aromatic N) is 1. The second-order valence-corrected chi connectivity index (χ2v) is 6.55. The van der Waals surface area contributed by atoms with Crippen molar-refractivity contribution in [3.05, 3.63) is 47.7 Å². The van der Waals surface area contributed by atoms with Crippen LogP contribution in [0.5, 0.6) is 0 Å². The van der Waals surface area contributed by atoms with E-state index in [2.05, 4.69) is 61.8 Å². The molecule has 21 heavy (non-hydrogen) atoms. The van der Waals surface area contributed by atoms with Crippen molar-refractivity contribution in [3.63, 3.8) is 0 Å². The fourth-order valence-corrected chi connectivity index (χ4v) is 4.13. The van der Waals surface area contributed by atoms with Gasteiger partial charge in [-0.3, -0.25) is 4.90 Å². The first-order valence-electron chi connectivity index (χ1n) is 7.69. The molecule has 1 aromatic heterocycles. The maximum absolute atomic E-state index is 6.27. The molecule has 0 bridgehead atoms. The Bertz CT molecular complexity index is 717. The van der Waals surface area contributed by atoms with E-state index in [4.69, 9.17) is 4.74 Å². The molecule has 4 atom stereocenters. The molecule has 1 aromatic carbocycles. The van der Waals surface area contributed by atoms with Gasteiger partial charge in [0.1, 0.15) is 6.23 Å². The number of aromatic nitrogens is 1. The van der Waals surface area contributed by atoms with E-state index in [0.717, 1.165) is 12.0 Å². The van der Waals surface area contributed by atoms with Gasteiger partial charge < -0.3 is 9.72 Å². The number of hydrogen-bond donors (Lipinski definition) is 1. The number of ether oxygens (including phenoxy) is 1. The average Bonchev–Trinajstić information content (AvgIpc) is 2.88. The van der Waals surface area contributed by atoms with Gasteiger partial charge in [0, 0.05) is 29.1 Å². The zero-order chi connectivity index (χ0) is 14.7. The molecule has 1 fully saturated rings. The number of likely N-dealkylation sites (N-methyl/N-ethyl adjacent to an activating group) is 1. The van der Waals surface area contributed by atoms with E-state index in [-0.39, 0.29) is 12.3 Å². The fraction of sp³-hybridized carbons (Fsp3) is 0.444. The first-order chi connectivity index (χ1) is 10.1. The van der Waals surface area contributed by atoms with E-state index >= 15 is 0 Å². The molecule has 0 spiro atoms. The molecule has 4 rings (SSSR count). The Morgan fingerprint density at radius 3 is 3.00 bits per heavy atom. The highest BCUT2D eigenvalue weighted by Crippen LogP contribution is 2.45. The Morgan fingerprint density at radius 2 is 2.24 bits per heavy atom. The van der Waals surface area contributed by atoms with Crippen LogP contribution in [-0.4, -0.2) is 35.3 Å². The van der Waals surface area contributed by atoms with Gasteiger partial charge in [0.05, 0.1) is 6.10 Å². The molecule has 2 heterocycles. The first kappa shape index (κ1) is 13.1. The van der Waals surface area contributed by atoms with Crippen molar-refractivity contribution in [2.45, 2.75) is 44.6 Å². The summed E-state index contributed by atoms with van der Waals surface area (Å²) >= 11 is 0. The van der Waals surface area contributed by atoms with E-state index in [0.29, 0.717) is 12.0 Å². The molecule has 2 aliphatic rings. The van der Waals surface area contributed by atoms with Crippen molar-refractivity contribution in [1.82, 2.24) is 9.88 Å². The largest absolute Gasteiger partial charge is 0.361 e. The number of aromatic amines is 1. The quantitative estimate of drug-likeness (QED) is 0.812. The zero-order valence-electron chi connectivity index (χ0n) is 12.9. The number of H-pyrrole nitrogens is 1. The molecule has 1 N–H and O–H groups in total. The van der Waals surface area contributed by atoms with Crippen molar-refractivity contribution >= 4 is 10.9 Å². The normalized spacial score (nSPS) is 32.1. The summed E-state index contributed by atoms with van der Waals surface area (Å²) in [5, 5.41) is 1.40. The van der Waals surface area contributed by atoms with E-state index in [1.807, 2.05) is 0 Å². The Balaban J connectivity index is 1.93. The van der Waals surface area contributed by atoms with Crippen LogP contribution in [0.2, 0.25) is 0 Å². The number of rotatable bonds is 1. The molecule has 1 aliphatic carbocycles. The van der Waals surface area contributed by atoms with Crippen molar-refractivity contribution in [2.75, 3.05) is 7.05 Å². The molecular weight excluding hydrogens is 260 g/mol. The minimum atomic E-state index is 0.106. The van der Waals surface area contributed by atoms with Crippen molar-refractivity contribution in [1.29, 1.82) is 0 Å². The molecule has 2 aromatic rings. The summed E-state index contributed by atoms with van der Waals surface area (Å²) < 4.78 is 6.27. The second-order valence-electron chi connectivity index (χ2n) is 6.55. The Hall–Kier alpha value is -1.58.